The molecule has 0 radical (unpaired) electrons. The third kappa shape index (κ3) is 5.93. The second kappa shape index (κ2) is 11.3. The second-order valence-corrected chi connectivity index (χ2v) is 12.6. The van der Waals surface area contributed by atoms with E-state index in [1.807, 2.05) is 18.2 Å². The molecule has 5 rings (SSSR count). The van der Waals surface area contributed by atoms with Gasteiger partial charge < -0.3 is 24.6 Å². The number of sulfone groups is 1. The van der Waals surface area contributed by atoms with Crippen LogP contribution in [0.2, 0.25) is 0 Å². The topological polar surface area (TPSA) is 88.2 Å². The van der Waals surface area contributed by atoms with E-state index in [0.717, 1.165) is 37.4 Å². The molecule has 0 spiro atoms. The minimum absolute atomic E-state index is 0.161. The van der Waals surface area contributed by atoms with Crippen molar-refractivity contribution in [1.29, 1.82) is 0 Å². The molecule has 1 saturated heterocycles. The first-order valence-corrected chi connectivity index (χ1v) is 15.1. The van der Waals surface area contributed by atoms with Crippen molar-refractivity contribution in [3.05, 3.63) is 76.7 Å². The van der Waals surface area contributed by atoms with Crippen molar-refractivity contribution in [2.75, 3.05) is 57.7 Å². The number of likely N-dealkylation sites (N-methyl/N-ethyl adjacent to an activating group) is 1. The minimum atomic E-state index is -3.73. The first kappa shape index (κ1) is 27.1. The summed E-state index contributed by atoms with van der Waals surface area (Å²) in [5, 5.41) is 2.89. The highest BCUT2D eigenvalue weighted by Crippen LogP contribution is 2.41. The lowest BCUT2D eigenvalue weighted by Crippen LogP contribution is -2.44. The number of ether oxygens (including phenoxy) is 2. The Balaban J connectivity index is 1.37. The zero-order valence-electron chi connectivity index (χ0n) is 22.1. The van der Waals surface area contributed by atoms with Crippen LogP contribution in [0.25, 0.3) is 6.08 Å². The van der Waals surface area contributed by atoms with Crippen LogP contribution in [-0.4, -0.2) is 66.7 Å². The van der Waals surface area contributed by atoms with Crippen LogP contribution in [0.1, 0.15) is 11.1 Å². The molecule has 3 aromatic rings. The van der Waals surface area contributed by atoms with Crippen LogP contribution in [0.15, 0.2) is 75.4 Å². The molecule has 10 heteroatoms. The normalized spacial score (nSPS) is 17.1. The van der Waals surface area contributed by atoms with Gasteiger partial charge in [0.2, 0.25) is 0 Å². The summed E-state index contributed by atoms with van der Waals surface area (Å²) < 4.78 is 37.6. The number of carbonyl (C=O) groups excluding carboxylic acids is 1. The van der Waals surface area contributed by atoms with E-state index in [2.05, 4.69) is 34.3 Å². The highest BCUT2D eigenvalue weighted by Gasteiger charge is 2.26. The van der Waals surface area contributed by atoms with Crippen molar-refractivity contribution in [2.45, 2.75) is 15.5 Å². The molecule has 0 aromatic heterocycles. The molecule has 2 heterocycles. The maximum Gasteiger partial charge on any atom is 0.262 e. The molecule has 8 nitrogen and oxygen atoms in total. The van der Waals surface area contributed by atoms with Gasteiger partial charge in [0.1, 0.15) is 11.5 Å². The molecule has 1 amide bonds. The van der Waals surface area contributed by atoms with Gasteiger partial charge in [0, 0.05) is 36.8 Å². The Hall–Kier alpha value is -3.47. The summed E-state index contributed by atoms with van der Waals surface area (Å²) in [4.78, 5) is 18.8. The molecule has 0 aliphatic carbocycles. The summed E-state index contributed by atoms with van der Waals surface area (Å²) in [6.45, 7) is 4.04. The van der Waals surface area contributed by atoms with Gasteiger partial charge in [0.25, 0.3) is 5.91 Å². The van der Waals surface area contributed by atoms with Gasteiger partial charge in [-0.3, -0.25) is 4.79 Å². The van der Waals surface area contributed by atoms with E-state index in [1.54, 1.807) is 30.3 Å². The van der Waals surface area contributed by atoms with E-state index < -0.39 is 9.84 Å². The predicted octanol–water partition coefficient (Wildman–Crippen LogP) is 4.51. The predicted molar refractivity (Wildman–Crippen MR) is 155 cm³/mol. The first-order valence-electron chi connectivity index (χ1n) is 12.6. The van der Waals surface area contributed by atoms with Crippen LogP contribution < -0.4 is 19.7 Å². The molecule has 39 heavy (non-hydrogen) atoms. The molecule has 2 aliphatic heterocycles. The van der Waals surface area contributed by atoms with Crippen molar-refractivity contribution in [3.63, 3.8) is 0 Å². The van der Waals surface area contributed by atoms with Crippen molar-refractivity contribution in [1.82, 2.24) is 4.90 Å². The largest absolute Gasteiger partial charge is 0.496 e. The number of fused-ring (bicyclic) bond motifs is 1. The number of nitrogens with one attached hydrogen (secondary N) is 1. The zero-order valence-corrected chi connectivity index (χ0v) is 23.8. The van der Waals surface area contributed by atoms with E-state index >= 15 is 0 Å². The average Bonchev–Trinajstić information content (AvgIpc) is 2.94. The smallest absolute Gasteiger partial charge is 0.262 e. The average molecular weight is 566 g/mol. The number of nitrogens with zero attached hydrogens (tertiary/aromatic N) is 2. The van der Waals surface area contributed by atoms with Crippen molar-refractivity contribution in [3.8, 4) is 11.5 Å². The molecular weight excluding hydrogens is 534 g/mol. The summed E-state index contributed by atoms with van der Waals surface area (Å²) in [5.41, 5.74) is 3.11. The van der Waals surface area contributed by atoms with Crippen molar-refractivity contribution in [2.24, 2.45) is 0 Å². The molecular formula is C29H31N3O5S2. The van der Waals surface area contributed by atoms with E-state index in [-0.39, 0.29) is 16.6 Å². The molecule has 204 valence electrons. The lowest BCUT2D eigenvalue weighted by Gasteiger charge is -2.34. The van der Waals surface area contributed by atoms with Gasteiger partial charge in [0.05, 0.1) is 41.0 Å². The third-order valence-corrected chi connectivity index (χ3v) is 9.65. The Morgan fingerprint density at radius 3 is 2.26 bits per heavy atom. The summed E-state index contributed by atoms with van der Waals surface area (Å²) in [7, 11) is 1.39. The number of methoxy groups -OCH3 is 2. The fourth-order valence-corrected chi connectivity index (χ4v) is 7.14. The van der Waals surface area contributed by atoms with E-state index in [1.165, 1.54) is 32.0 Å². The summed E-state index contributed by atoms with van der Waals surface area (Å²) in [6, 6.07) is 18.1. The van der Waals surface area contributed by atoms with Crippen molar-refractivity contribution >= 4 is 45.0 Å². The summed E-state index contributed by atoms with van der Waals surface area (Å²) in [5.74, 6) is 0.394. The number of thioether (sulfide) groups is 1. The van der Waals surface area contributed by atoms with Gasteiger partial charge in [-0.1, -0.05) is 30.0 Å². The van der Waals surface area contributed by atoms with E-state index in [9.17, 15) is 13.2 Å². The first-order chi connectivity index (χ1) is 18.8. The summed E-state index contributed by atoms with van der Waals surface area (Å²) >= 11 is 1.26. The highest BCUT2D eigenvalue weighted by atomic mass is 32.2. The molecule has 0 atom stereocenters. The molecule has 1 N–H and O–H groups in total. The number of anilines is 2. The quantitative estimate of drug-likeness (QED) is 0.419. The van der Waals surface area contributed by atoms with Crippen LogP contribution in [0.3, 0.4) is 0 Å². The summed E-state index contributed by atoms with van der Waals surface area (Å²) in [6.07, 6.45) is 1.83. The maximum atomic E-state index is 13.4. The van der Waals surface area contributed by atoms with E-state index in [0.29, 0.717) is 32.6 Å². The van der Waals surface area contributed by atoms with Crippen LogP contribution in [0.5, 0.6) is 11.5 Å². The molecule has 0 unspecified atom stereocenters. The molecule has 2 aliphatic rings. The molecule has 0 saturated carbocycles. The van der Waals surface area contributed by atoms with Crippen LogP contribution in [-0.2, 0) is 20.4 Å². The minimum Gasteiger partial charge on any atom is -0.496 e. The number of hydrogen-bond acceptors (Lipinski definition) is 8. The van der Waals surface area contributed by atoms with Gasteiger partial charge in [-0.2, -0.15) is 0 Å². The van der Waals surface area contributed by atoms with Crippen LogP contribution >= 0.6 is 11.8 Å². The van der Waals surface area contributed by atoms with Gasteiger partial charge in [-0.25, -0.2) is 8.42 Å². The lowest BCUT2D eigenvalue weighted by atomic mass is 10.1. The Labute approximate surface area is 233 Å². The lowest BCUT2D eigenvalue weighted by molar-refractivity contribution is -0.112. The van der Waals surface area contributed by atoms with Gasteiger partial charge >= 0.3 is 0 Å². The van der Waals surface area contributed by atoms with Crippen molar-refractivity contribution < 1.29 is 22.7 Å². The number of rotatable bonds is 7. The fourth-order valence-electron chi connectivity index (χ4n) is 4.67. The monoisotopic (exact) mass is 565 g/mol. The number of carbonyl (C=O) groups is 1. The number of hydrogen-bond donors (Lipinski definition) is 1. The van der Waals surface area contributed by atoms with Crippen LogP contribution in [0, 0.1) is 0 Å². The zero-order chi connectivity index (χ0) is 27.6. The van der Waals surface area contributed by atoms with Crippen LogP contribution in [0.4, 0.5) is 11.4 Å². The van der Waals surface area contributed by atoms with E-state index in [4.69, 9.17) is 9.47 Å². The molecule has 1 fully saturated rings. The molecule has 3 aromatic carbocycles. The standard InChI is InChI=1S/C29H31N3O5S2/c1-31-13-15-32(16-14-31)21-9-7-20(8-10-21)17-28-29(33)30-24-12-11-22(18-27(24)38-28)39(34,35)19-23-25(36-2)5-4-6-26(23)37-3/h4-12,17-18H,13-16,19H2,1-3H3,(H,30,33)/b28-17-. The Bertz CT molecular complexity index is 1490. The Morgan fingerprint density at radius 2 is 1.62 bits per heavy atom. The maximum absolute atomic E-state index is 13.4. The van der Waals surface area contributed by atoms with Gasteiger partial charge in [-0.05, 0) is 61.2 Å². The molecule has 0 bridgehead atoms. The van der Waals surface area contributed by atoms with Gasteiger partial charge in [0.15, 0.2) is 9.84 Å². The number of amides is 1. The van der Waals surface area contributed by atoms with Gasteiger partial charge in [-0.15, -0.1) is 0 Å². The SMILES string of the molecule is COc1cccc(OC)c1CS(=O)(=O)c1ccc2c(c1)S/C(=C\c1ccc(N3CCN(C)CC3)cc1)C(=O)N2. The Kier molecular flexibility index (Phi) is 7.88. The highest BCUT2D eigenvalue weighted by molar-refractivity contribution is 8.04. The number of benzene rings is 3. The third-order valence-electron chi connectivity index (χ3n) is 6.93. The fraction of sp³-hybridized carbons (Fsp3) is 0.276. The second-order valence-electron chi connectivity index (χ2n) is 9.50. The Morgan fingerprint density at radius 1 is 0.949 bits per heavy atom. The number of piperazine rings is 1.